The van der Waals surface area contributed by atoms with Crippen LogP contribution in [0.4, 0.5) is 8.78 Å². The summed E-state index contributed by atoms with van der Waals surface area (Å²) in [5, 5.41) is 3.69. The zero-order valence-electron chi connectivity index (χ0n) is 10.5. The lowest BCUT2D eigenvalue weighted by atomic mass is 10.1. The Hall–Kier alpha value is -0.610. The second-order valence-corrected chi connectivity index (χ2v) is 5.92. The van der Waals surface area contributed by atoms with Crippen molar-refractivity contribution in [3.63, 3.8) is 0 Å². The van der Waals surface area contributed by atoms with Crippen LogP contribution in [-0.2, 0) is 6.42 Å². The van der Waals surface area contributed by atoms with Crippen molar-refractivity contribution in [2.75, 3.05) is 12.8 Å². The molecule has 0 fully saturated rings. The van der Waals surface area contributed by atoms with Crippen molar-refractivity contribution < 1.29 is 8.78 Å². The summed E-state index contributed by atoms with van der Waals surface area (Å²) in [5.41, 5.74) is 0.439. The molecule has 0 saturated heterocycles. The van der Waals surface area contributed by atoms with Crippen LogP contribution in [0, 0.1) is 11.6 Å². The molecule has 1 aromatic carbocycles. The predicted molar refractivity (Wildman–Crippen MR) is 70.5 cm³/mol. The minimum Gasteiger partial charge on any atom is -0.316 e. The smallest absolute Gasteiger partial charge is 0.126 e. The van der Waals surface area contributed by atoms with Gasteiger partial charge >= 0.3 is 0 Å². The lowest BCUT2D eigenvalue weighted by Gasteiger charge is -2.17. The van der Waals surface area contributed by atoms with Crippen LogP contribution in [0.3, 0.4) is 0 Å². The molecule has 1 rings (SSSR count). The minimum absolute atomic E-state index is 0.165. The van der Waals surface area contributed by atoms with Crippen molar-refractivity contribution in [2.45, 2.75) is 31.6 Å². The Bertz CT molecular complexity index is 355. The monoisotopic (exact) mass is 259 g/mol. The quantitative estimate of drug-likeness (QED) is 0.841. The summed E-state index contributed by atoms with van der Waals surface area (Å²) in [7, 11) is 1.85. The fraction of sp³-hybridized carbons (Fsp3) is 0.538. The van der Waals surface area contributed by atoms with Crippen molar-refractivity contribution in [3.8, 4) is 0 Å². The molecule has 0 heterocycles. The first-order valence-electron chi connectivity index (χ1n) is 5.75. The Labute approximate surface area is 106 Å². The summed E-state index contributed by atoms with van der Waals surface area (Å²) in [6, 6.07) is 3.78. The van der Waals surface area contributed by atoms with Crippen LogP contribution in [0.15, 0.2) is 18.2 Å². The molecule has 0 bridgehead atoms. The Morgan fingerprint density at radius 2 is 2.00 bits per heavy atom. The second-order valence-electron chi connectivity index (χ2n) is 4.31. The summed E-state index contributed by atoms with van der Waals surface area (Å²) in [5.74, 6) is 0.179. The van der Waals surface area contributed by atoms with E-state index >= 15 is 0 Å². The van der Waals surface area contributed by atoms with Gasteiger partial charge in [0.05, 0.1) is 0 Å². The van der Waals surface area contributed by atoms with E-state index in [9.17, 15) is 8.78 Å². The molecule has 0 aromatic heterocycles. The van der Waals surface area contributed by atoms with E-state index in [4.69, 9.17) is 0 Å². The van der Waals surface area contributed by atoms with E-state index in [-0.39, 0.29) is 17.7 Å². The van der Waals surface area contributed by atoms with Gasteiger partial charge in [-0.15, -0.1) is 0 Å². The van der Waals surface area contributed by atoms with E-state index in [0.717, 1.165) is 11.8 Å². The third kappa shape index (κ3) is 5.04. The van der Waals surface area contributed by atoms with Gasteiger partial charge in [0, 0.05) is 11.8 Å². The molecule has 0 amide bonds. The summed E-state index contributed by atoms with van der Waals surface area (Å²) in [6.07, 6.45) is 0.514. The summed E-state index contributed by atoms with van der Waals surface area (Å²) in [6.45, 7) is 4.25. The van der Waals surface area contributed by atoms with Crippen LogP contribution in [0.1, 0.15) is 19.4 Å². The third-order valence-corrected chi connectivity index (χ3v) is 3.77. The summed E-state index contributed by atoms with van der Waals surface area (Å²) >= 11 is 1.81. The Kier molecular flexibility index (Phi) is 5.92. The predicted octanol–water partition coefficient (Wildman–Crippen LogP) is 3.24. The van der Waals surface area contributed by atoms with Crippen LogP contribution in [0.25, 0.3) is 0 Å². The molecular weight excluding hydrogens is 240 g/mol. The zero-order chi connectivity index (χ0) is 12.8. The van der Waals surface area contributed by atoms with Crippen molar-refractivity contribution in [1.29, 1.82) is 0 Å². The Balaban J connectivity index is 2.63. The fourth-order valence-corrected chi connectivity index (χ4v) is 2.42. The molecule has 17 heavy (non-hydrogen) atoms. The lowest BCUT2D eigenvalue weighted by Crippen LogP contribution is -2.31. The minimum atomic E-state index is -0.382. The van der Waals surface area contributed by atoms with Gasteiger partial charge in [0.25, 0.3) is 0 Å². The second kappa shape index (κ2) is 6.97. The number of nitrogens with one attached hydrogen (secondary N) is 1. The maximum Gasteiger partial charge on any atom is 0.126 e. The van der Waals surface area contributed by atoms with Crippen LogP contribution in [-0.4, -0.2) is 24.1 Å². The number of benzene rings is 1. The van der Waals surface area contributed by atoms with Crippen molar-refractivity contribution >= 4 is 11.8 Å². The molecule has 0 saturated carbocycles. The number of thioether (sulfide) groups is 1. The highest BCUT2D eigenvalue weighted by atomic mass is 32.2. The summed E-state index contributed by atoms with van der Waals surface area (Å²) < 4.78 is 26.5. The number of halogens is 2. The average molecular weight is 259 g/mol. The lowest BCUT2D eigenvalue weighted by molar-refractivity contribution is 0.555. The number of rotatable bonds is 6. The number of hydrogen-bond acceptors (Lipinski definition) is 2. The molecule has 4 heteroatoms. The van der Waals surface area contributed by atoms with Gasteiger partial charge in [-0.25, -0.2) is 8.78 Å². The van der Waals surface area contributed by atoms with Crippen molar-refractivity contribution in [1.82, 2.24) is 5.32 Å². The Morgan fingerprint density at radius 1 is 1.29 bits per heavy atom. The largest absolute Gasteiger partial charge is 0.316 e. The van der Waals surface area contributed by atoms with Crippen LogP contribution < -0.4 is 5.32 Å². The molecule has 0 spiro atoms. The van der Waals surface area contributed by atoms with E-state index in [1.54, 1.807) is 0 Å². The fourth-order valence-electron chi connectivity index (χ4n) is 1.52. The van der Waals surface area contributed by atoms with E-state index in [0.29, 0.717) is 17.2 Å². The number of hydrogen-bond donors (Lipinski definition) is 1. The molecule has 1 aromatic rings. The van der Waals surface area contributed by atoms with Gasteiger partial charge in [0.15, 0.2) is 0 Å². The number of likely N-dealkylation sites (N-methyl/N-ethyl adjacent to an activating group) is 1. The van der Waals surface area contributed by atoms with E-state index in [2.05, 4.69) is 19.2 Å². The average Bonchev–Trinajstić information content (AvgIpc) is 2.28. The first-order chi connectivity index (χ1) is 8.02. The van der Waals surface area contributed by atoms with Crippen LogP contribution in [0.5, 0.6) is 0 Å². The first kappa shape index (κ1) is 14.5. The van der Waals surface area contributed by atoms with Gasteiger partial charge in [0.2, 0.25) is 0 Å². The standard InChI is InChI=1S/C13H19F2NS/c1-9(2)17-8-12(16-3)7-10-6-11(14)4-5-13(10)15/h4-6,9,12,16H,7-8H2,1-3H3. The maximum absolute atomic E-state index is 13.5. The normalized spacial score (nSPS) is 13.1. The molecule has 1 unspecified atom stereocenters. The van der Waals surface area contributed by atoms with Crippen molar-refractivity contribution in [2.24, 2.45) is 0 Å². The molecule has 96 valence electrons. The van der Waals surface area contributed by atoms with Crippen LogP contribution >= 0.6 is 11.8 Å². The molecular formula is C13H19F2NS. The van der Waals surface area contributed by atoms with E-state index in [1.165, 1.54) is 12.1 Å². The highest BCUT2D eigenvalue weighted by Crippen LogP contribution is 2.16. The molecule has 1 nitrogen and oxygen atoms in total. The van der Waals surface area contributed by atoms with Gasteiger partial charge in [-0.1, -0.05) is 13.8 Å². The summed E-state index contributed by atoms with van der Waals surface area (Å²) in [4.78, 5) is 0. The highest BCUT2D eigenvalue weighted by Gasteiger charge is 2.12. The molecule has 1 N–H and O–H groups in total. The van der Waals surface area contributed by atoms with Gasteiger partial charge in [-0.3, -0.25) is 0 Å². The molecule has 0 radical (unpaired) electrons. The molecule has 0 aliphatic carbocycles. The zero-order valence-corrected chi connectivity index (χ0v) is 11.3. The maximum atomic E-state index is 13.5. The van der Waals surface area contributed by atoms with E-state index in [1.807, 2.05) is 18.8 Å². The Morgan fingerprint density at radius 3 is 2.59 bits per heavy atom. The van der Waals surface area contributed by atoms with Gasteiger partial charge < -0.3 is 5.32 Å². The van der Waals surface area contributed by atoms with Gasteiger partial charge in [-0.2, -0.15) is 11.8 Å². The van der Waals surface area contributed by atoms with Gasteiger partial charge in [0.1, 0.15) is 11.6 Å². The van der Waals surface area contributed by atoms with Crippen molar-refractivity contribution in [3.05, 3.63) is 35.4 Å². The third-order valence-electron chi connectivity index (χ3n) is 2.51. The van der Waals surface area contributed by atoms with Crippen LogP contribution in [0.2, 0.25) is 0 Å². The first-order valence-corrected chi connectivity index (χ1v) is 6.80. The molecule has 0 aliphatic rings. The van der Waals surface area contributed by atoms with E-state index < -0.39 is 0 Å². The highest BCUT2D eigenvalue weighted by molar-refractivity contribution is 7.99. The molecule has 0 aliphatic heterocycles. The SMILES string of the molecule is CNC(CSC(C)C)Cc1cc(F)ccc1F. The molecule has 1 atom stereocenters. The van der Waals surface area contributed by atoms with Gasteiger partial charge in [-0.05, 0) is 42.5 Å². The topological polar surface area (TPSA) is 12.0 Å².